The number of amides is 3. The molecule has 6 nitrogen and oxygen atoms in total. The quantitative estimate of drug-likeness (QED) is 0.306. The molecule has 1 unspecified atom stereocenters. The smallest absolute Gasteiger partial charge is 0.236 e. The first-order chi connectivity index (χ1) is 18.0. The highest BCUT2D eigenvalue weighted by Crippen LogP contribution is 2.29. The largest absolute Gasteiger partial charge is 0.340 e. The van der Waals surface area contributed by atoms with Gasteiger partial charge < -0.3 is 14.7 Å². The molecule has 0 aromatic rings. The van der Waals surface area contributed by atoms with E-state index in [-0.39, 0.29) is 35.9 Å². The van der Waals surface area contributed by atoms with Crippen molar-refractivity contribution in [2.75, 3.05) is 25.4 Å². The van der Waals surface area contributed by atoms with Gasteiger partial charge in [0.2, 0.25) is 17.7 Å². The molecule has 3 amide bonds. The summed E-state index contributed by atoms with van der Waals surface area (Å²) < 4.78 is 0. The lowest BCUT2D eigenvalue weighted by molar-refractivity contribution is -0.139. The van der Waals surface area contributed by atoms with Crippen molar-refractivity contribution in [2.24, 2.45) is 0 Å². The van der Waals surface area contributed by atoms with Gasteiger partial charge in [0.1, 0.15) is 0 Å². The molecule has 212 valence electrons. The Bertz CT molecular complexity index is 715. The molecular weight excluding hydrogens is 482 g/mol. The van der Waals surface area contributed by atoms with E-state index >= 15 is 0 Å². The number of carbonyl (C=O) groups is 3. The fourth-order valence-corrected chi connectivity index (χ4v) is 8.03. The van der Waals surface area contributed by atoms with Crippen molar-refractivity contribution in [2.45, 2.75) is 147 Å². The van der Waals surface area contributed by atoms with E-state index in [0.29, 0.717) is 25.2 Å². The van der Waals surface area contributed by atoms with Gasteiger partial charge >= 0.3 is 0 Å². The van der Waals surface area contributed by atoms with Crippen LogP contribution >= 0.6 is 11.8 Å². The summed E-state index contributed by atoms with van der Waals surface area (Å²) in [6.07, 6.45) is 17.5. The molecule has 0 saturated heterocycles. The molecule has 3 rings (SSSR count). The third-order valence-electron chi connectivity index (χ3n) is 9.04. The summed E-state index contributed by atoms with van der Waals surface area (Å²) in [7, 11) is 0. The van der Waals surface area contributed by atoms with E-state index in [9.17, 15) is 14.4 Å². The van der Waals surface area contributed by atoms with Crippen LogP contribution < -0.4 is 0 Å². The molecule has 7 heteroatoms. The van der Waals surface area contributed by atoms with Gasteiger partial charge in [-0.05, 0) is 59.3 Å². The van der Waals surface area contributed by atoms with E-state index in [2.05, 4.69) is 20.8 Å². The molecular formula is C30H53N3O3S. The number of nitrogens with zero attached hydrogens (tertiary/aromatic N) is 3. The molecule has 37 heavy (non-hydrogen) atoms. The van der Waals surface area contributed by atoms with E-state index in [0.717, 1.165) is 45.1 Å². The van der Waals surface area contributed by atoms with Crippen LogP contribution in [-0.4, -0.2) is 81.2 Å². The Morgan fingerprint density at radius 1 is 0.595 bits per heavy atom. The zero-order valence-electron chi connectivity index (χ0n) is 23.9. The van der Waals surface area contributed by atoms with Crippen LogP contribution in [0.25, 0.3) is 0 Å². The molecule has 0 bridgehead atoms. The van der Waals surface area contributed by atoms with Gasteiger partial charge in [0.05, 0.1) is 11.0 Å². The molecule has 1 atom stereocenters. The number of carbonyl (C=O) groups excluding carboxylic acids is 3. The average Bonchev–Trinajstić information content (AvgIpc) is 2.94. The van der Waals surface area contributed by atoms with E-state index in [1.165, 1.54) is 69.5 Å². The average molecular weight is 536 g/mol. The van der Waals surface area contributed by atoms with E-state index in [4.69, 9.17) is 0 Å². The highest BCUT2D eigenvalue weighted by Gasteiger charge is 2.35. The summed E-state index contributed by atoms with van der Waals surface area (Å²) in [5.41, 5.74) is 0. The van der Waals surface area contributed by atoms with Crippen molar-refractivity contribution in [3.05, 3.63) is 0 Å². The number of hydrogen-bond acceptors (Lipinski definition) is 4. The van der Waals surface area contributed by atoms with Crippen LogP contribution in [0.5, 0.6) is 0 Å². The molecule has 0 aromatic carbocycles. The predicted molar refractivity (Wildman–Crippen MR) is 154 cm³/mol. The third-order valence-corrected chi connectivity index (χ3v) is 10.2. The summed E-state index contributed by atoms with van der Waals surface area (Å²) in [5.74, 6) is 0.573. The normalized spacial score (nSPS) is 20.8. The van der Waals surface area contributed by atoms with Crippen molar-refractivity contribution in [3.63, 3.8) is 0 Å². The van der Waals surface area contributed by atoms with Gasteiger partial charge in [0.25, 0.3) is 0 Å². The standard InChI is InChI=1S/C30H53N3O3S/c1-4-31(24-16-10-7-11-17-24)28(34)22-27(30(36)33(6-3)26-20-14-9-15-21-26)37-23-29(35)32(5-2)25-18-12-8-13-19-25/h24-27H,4-23H2,1-3H3. The summed E-state index contributed by atoms with van der Waals surface area (Å²) in [6.45, 7) is 8.27. The van der Waals surface area contributed by atoms with Gasteiger partial charge in [-0.15, -0.1) is 11.8 Å². The lowest BCUT2D eigenvalue weighted by Crippen LogP contribution is -2.48. The summed E-state index contributed by atoms with van der Waals surface area (Å²) in [4.78, 5) is 47.0. The van der Waals surface area contributed by atoms with Gasteiger partial charge in [-0.2, -0.15) is 0 Å². The number of thioether (sulfide) groups is 1. The van der Waals surface area contributed by atoms with Crippen LogP contribution in [0.15, 0.2) is 0 Å². The lowest BCUT2D eigenvalue weighted by Gasteiger charge is -2.37. The van der Waals surface area contributed by atoms with Gasteiger partial charge in [0, 0.05) is 44.2 Å². The Balaban J connectivity index is 1.71. The SMILES string of the molecule is CCN(C(=O)CSC(CC(=O)N(CC)C1CCCCC1)C(=O)N(CC)C1CCCCC1)C1CCCCC1. The van der Waals surface area contributed by atoms with Crippen molar-refractivity contribution >= 4 is 29.5 Å². The number of hydrogen-bond donors (Lipinski definition) is 0. The Morgan fingerprint density at radius 3 is 1.38 bits per heavy atom. The first kappa shape index (κ1) is 30.3. The molecule has 0 radical (unpaired) electrons. The molecule has 0 aromatic heterocycles. The fraction of sp³-hybridized carbons (Fsp3) is 0.900. The van der Waals surface area contributed by atoms with E-state index < -0.39 is 5.25 Å². The van der Waals surface area contributed by atoms with Crippen LogP contribution in [0, 0.1) is 0 Å². The summed E-state index contributed by atoms with van der Waals surface area (Å²) >= 11 is 1.43. The second-order valence-corrected chi connectivity index (χ2v) is 12.6. The van der Waals surface area contributed by atoms with Gasteiger partial charge in [0.15, 0.2) is 0 Å². The van der Waals surface area contributed by atoms with E-state index in [1.54, 1.807) is 0 Å². The lowest BCUT2D eigenvalue weighted by atomic mass is 9.93. The zero-order chi connectivity index (χ0) is 26.6. The molecule has 3 saturated carbocycles. The van der Waals surface area contributed by atoms with Gasteiger partial charge in [-0.3, -0.25) is 14.4 Å². The zero-order valence-corrected chi connectivity index (χ0v) is 24.7. The highest BCUT2D eigenvalue weighted by molar-refractivity contribution is 8.01. The Labute approximate surface area is 230 Å². The first-order valence-electron chi connectivity index (χ1n) is 15.5. The molecule has 0 heterocycles. The Kier molecular flexibility index (Phi) is 13.1. The van der Waals surface area contributed by atoms with Crippen LogP contribution in [-0.2, 0) is 14.4 Å². The minimum Gasteiger partial charge on any atom is -0.340 e. The molecule has 3 aliphatic carbocycles. The minimum atomic E-state index is -0.485. The topological polar surface area (TPSA) is 60.9 Å². The monoisotopic (exact) mass is 535 g/mol. The summed E-state index contributed by atoms with van der Waals surface area (Å²) in [6, 6.07) is 0.908. The highest BCUT2D eigenvalue weighted by atomic mass is 32.2. The maximum atomic E-state index is 14.0. The first-order valence-corrected chi connectivity index (χ1v) is 16.6. The Hall–Kier alpha value is -1.24. The van der Waals surface area contributed by atoms with E-state index in [1.807, 2.05) is 14.7 Å². The van der Waals surface area contributed by atoms with Crippen molar-refractivity contribution in [1.29, 1.82) is 0 Å². The Morgan fingerprint density at radius 2 is 0.973 bits per heavy atom. The van der Waals surface area contributed by atoms with Crippen LogP contribution in [0.4, 0.5) is 0 Å². The molecule has 3 fully saturated rings. The molecule has 3 aliphatic rings. The third kappa shape index (κ3) is 8.63. The molecule has 0 spiro atoms. The van der Waals surface area contributed by atoms with Crippen LogP contribution in [0.1, 0.15) is 124 Å². The maximum Gasteiger partial charge on any atom is 0.236 e. The molecule has 0 aliphatic heterocycles. The van der Waals surface area contributed by atoms with Gasteiger partial charge in [-0.1, -0.05) is 57.8 Å². The fourth-order valence-electron chi connectivity index (χ4n) is 6.98. The minimum absolute atomic E-state index is 0.0703. The van der Waals surface area contributed by atoms with Gasteiger partial charge in [-0.25, -0.2) is 0 Å². The van der Waals surface area contributed by atoms with Crippen LogP contribution in [0.2, 0.25) is 0 Å². The number of rotatable bonds is 12. The predicted octanol–water partition coefficient (Wildman–Crippen LogP) is 6.02. The van der Waals surface area contributed by atoms with Crippen LogP contribution in [0.3, 0.4) is 0 Å². The summed E-state index contributed by atoms with van der Waals surface area (Å²) in [5, 5.41) is -0.485. The molecule has 0 N–H and O–H groups in total. The van der Waals surface area contributed by atoms with Crippen molar-refractivity contribution in [3.8, 4) is 0 Å². The second-order valence-electron chi connectivity index (χ2n) is 11.4. The van der Waals surface area contributed by atoms with Crippen molar-refractivity contribution < 1.29 is 14.4 Å². The van der Waals surface area contributed by atoms with Crippen molar-refractivity contribution in [1.82, 2.24) is 14.7 Å². The second kappa shape index (κ2) is 16.0. The maximum absolute atomic E-state index is 14.0.